The molecule has 8 nitrogen and oxygen atoms in total. The molecule has 1 saturated heterocycles. The molecule has 1 saturated carbocycles. The zero-order chi connectivity index (χ0) is 21.9. The largest absolute Gasteiger partial charge is 0.376 e. The first-order valence-electron chi connectivity index (χ1n) is 11.9. The summed E-state index contributed by atoms with van der Waals surface area (Å²) in [6, 6.07) is 8.61. The number of hydrogen-bond donors (Lipinski definition) is 1. The summed E-state index contributed by atoms with van der Waals surface area (Å²) in [5.41, 5.74) is 2.80. The summed E-state index contributed by atoms with van der Waals surface area (Å²) in [5.74, 6) is 0.846. The Morgan fingerprint density at radius 1 is 1.16 bits per heavy atom. The molecule has 3 heterocycles. The molecule has 32 heavy (non-hydrogen) atoms. The number of rotatable bonds is 7. The highest BCUT2D eigenvalue weighted by Gasteiger charge is 2.26. The van der Waals surface area contributed by atoms with Crippen LogP contribution in [0.5, 0.6) is 0 Å². The standard InChI is InChI=1S/C24H32N6O2/c1-17-7-5-8-18-13-19(24(31)25-23(17)18)14-29(20-9-3-2-4-10-20)16-22-26-27-28-30(22)15-21-11-6-12-32-21/h5,7-8,13,20-21H,2-4,6,9-12,14-16H2,1H3,(H,25,31)/t21-/m1/s1. The van der Waals surface area contributed by atoms with Crippen molar-refractivity contribution in [1.29, 1.82) is 0 Å². The third-order valence-electron chi connectivity index (χ3n) is 6.98. The number of benzene rings is 1. The van der Waals surface area contributed by atoms with Crippen LogP contribution < -0.4 is 5.56 Å². The summed E-state index contributed by atoms with van der Waals surface area (Å²) in [4.78, 5) is 18.5. The fraction of sp³-hybridized carbons (Fsp3) is 0.583. The van der Waals surface area contributed by atoms with E-state index in [1.54, 1.807) is 0 Å². The number of pyridine rings is 1. The lowest BCUT2D eigenvalue weighted by Crippen LogP contribution is -2.38. The van der Waals surface area contributed by atoms with Crippen molar-refractivity contribution in [1.82, 2.24) is 30.1 Å². The second kappa shape index (κ2) is 9.50. The Labute approximate surface area is 188 Å². The van der Waals surface area contributed by atoms with Gasteiger partial charge >= 0.3 is 0 Å². The number of hydrogen-bond acceptors (Lipinski definition) is 6. The first-order valence-corrected chi connectivity index (χ1v) is 11.9. The van der Waals surface area contributed by atoms with E-state index < -0.39 is 0 Å². The highest BCUT2D eigenvalue weighted by Crippen LogP contribution is 2.26. The van der Waals surface area contributed by atoms with Crippen LogP contribution in [0.2, 0.25) is 0 Å². The minimum atomic E-state index is -0.00782. The molecule has 1 aliphatic heterocycles. The van der Waals surface area contributed by atoms with Crippen LogP contribution in [0.25, 0.3) is 10.9 Å². The highest BCUT2D eigenvalue weighted by molar-refractivity contribution is 5.81. The lowest BCUT2D eigenvalue weighted by atomic mass is 9.93. The molecular formula is C24H32N6O2. The molecule has 2 aliphatic rings. The molecule has 2 fully saturated rings. The molecule has 170 valence electrons. The van der Waals surface area contributed by atoms with Crippen molar-refractivity contribution in [2.75, 3.05) is 6.61 Å². The van der Waals surface area contributed by atoms with Crippen LogP contribution in [0.4, 0.5) is 0 Å². The summed E-state index contributed by atoms with van der Waals surface area (Å²) in [6.07, 6.45) is 8.39. The number of ether oxygens (including phenoxy) is 1. The van der Waals surface area contributed by atoms with E-state index in [0.717, 1.165) is 60.1 Å². The summed E-state index contributed by atoms with van der Waals surface area (Å²) in [5, 5.41) is 13.6. The Balaban J connectivity index is 1.41. The van der Waals surface area contributed by atoms with Gasteiger partial charge in [-0.3, -0.25) is 9.69 Å². The minimum Gasteiger partial charge on any atom is -0.376 e. The number of para-hydroxylation sites is 1. The van der Waals surface area contributed by atoms with Crippen LogP contribution in [0.1, 0.15) is 61.9 Å². The number of aryl methyl sites for hydroxylation is 1. The number of H-pyrrole nitrogens is 1. The number of aromatic nitrogens is 5. The van der Waals surface area contributed by atoms with Crippen LogP contribution in [0, 0.1) is 6.92 Å². The quantitative estimate of drug-likeness (QED) is 0.611. The molecule has 5 rings (SSSR count). The molecule has 1 atom stereocenters. The predicted molar refractivity (Wildman–Crippen MR) is 122 cm³/mol. The van der Waals surface area contributed by atoms with Gasteiger partial charge in [-0.1, -0.05) is 37.5 Å². The lowest BCUT2D eigenvalue weighted by Gasteiger charge is -2.34. The van der Waals surface area contributed by atoms with E-state index in [-0.39, 0.29) is 11.7 Å². The van der Waals surface area contributed by atoms with E-state index in [2.05, 4.69) is 31.5 Å². The second-order valence-electron chi connectivity index (χ2n) is 9.27. The first kappa shape index (κ1) is 21.3. The van der Waals surface area contributed by atoms with Gasteiger partial charge in [0.1, 0.15) is 0 Å². The van der Waals surface area contributed by atoms with Gasteiger partial charge in [0.2, 0.25) is 0 Å². The maximum absolute atomic E-state index is 13.0. The van der Waals surface area contributed by atoms with Crippen LogP contribution in [0.15, 0.2) is 29.1 Å². The number of tetrazole rings is 1. The summed E-state index contributed by atoms with van der Waals surface area (Å²) >= 11 is 0. The Kier molecular flexibility index (Phi) is 6.32. The zero-order valence-corrected chi connectivity index (χ0v) is 18.8. The molecule has 0 radical (unpaired) electrons. The van der Waals surface area contributed by atoms with Crippen LogP contribution in [-0.4, -0.2) is 48.8 Å². The summed E-state index contributed by atoms with van der Waals surface area (Å²) in [6.45, 7) is 4.77. The molecule has 0 spiro atoms. The van der Waals surface area contributed by atoms with E-state index in [1.807, 2.05) is 29.8 Å². The first-order chi connectivity index (χ1) is 15.7. The Morgan fingerprint density at radius 2 is 2.03 bits per heavy atom. The van der Waals surface area contributed by atoms with Crippen molar-refractivity contribution in [2.24, 2.45) is 0 Å². The fourth-order valence-corrected chi connectivity index (χ4v) is 5.17. The Hall–Kier alpha value is -2.58. The van der Waals surface area contributed by atoms with Gasteiger partial charge in [0.25, 0.3) is 5.56 Å². The molecule has 8 heteroatoms. The molecule has 1 N–H and O–H groups in total. The molecule has 1 aliphatic carbocycles. The van der Waals surface area contributed by atoms with E-state index in [1.165, 1.54) is 19.3 Å². The molecule has 2 aromatic heterocycles. The maximum Gasteiger partial charge on any atom is 0.252 e. The van der Waals surface area contributed by atoms with Gasteiger partial charge in [0.15, 0.2) is 5.82 Å². The minimum absolute atomic E-state index is 0.00782. The van der Waals surface area contributed by atoms with Crippen molar-refractivity contribution in [3.8, 4) is 0 Å². The average molecular weight is 437 g/mol. The second-order valence-corrected chi connectivity index (χ2v) is 9.27. The smallest absolute Gasteiger partial charge is 0.252 e. The van der Waals surface area contributed by atoms with Crippen LogP contribution in [-0.2, 0) is 24.4 Å². The maximum atomic E-state index is 13.0. The van der Waals surface area contributed by atoms with Gasteiger partial charge in [0, 0.05) is 24.8 Å². The number of nitrogens with zero attached hydrogens (tertiary/aromatic N) is 5. The van der Waals surface area contributed by atoms with Gasteiger partial charge in [-0.15, -0.1) is 5.10 Å². The van der Waals surface area contributed by atoms with E-state index >= 15 is 0 Å². The number of aromatic amines is 1. The van der Waals surface area contributed by atoms with E-state index in [4.69, 9.17) is 4.74 Å². The van der Waals surface area contributed by atoms with Crippen LogP contribution in [0.3, 0.4) is 0 Å². The fourth-order valence-electron chi connectivity index (χ4n) is 5.17. The molecule has 0 amide bonds. The molecule has 1 aromatic carbocycles. The van der Waals surface area contributed by atoms with Crippen molar-refractivity contribution < 1.29 is 4.74 Å². The molecule has 3 aromatic rings. The SMILES string of the molecule is Cc1cccc2cc(CN(Cc3nnnn3C[C@H]3CCCO3)C3CCCCC3)c(=O)[nH]c12. The number of fused-ring (bicyclic) bond motifs is 1. The van der Waals surface area contributed by atoms with E-state index in [0.29, 0.717) is 25.7 Å². The number of nitrogens with one attached hydrogen (secondary N) is 1. The van der Waals surface area contributed by atoms with Gasteiger partial charge in [0.05, 0.1) is 24.7 Å². The third-order valence-corrected chi connectivity index (χ3v) is 6.98. The van der Waals surface area contributed by atoms with Crippen LogP contribution >= 0.6 is 0 Å². The molecule has 0 bridgehead atoms. The Bertz CT molecular complexity index is 1110. The summed E-state index contributed by atoms with van der Waals surface area (Å²) < 4.78 is 7.68. The zero-order valence-electron chi connectivity index (χ0n) is 18.8. The lowest BCUT2D eigenvalue weighted by molar-refractivity contribution is 0.0893. The predicted octanol–water partition coefficient (Wildman–Crippen LogP) is 3.34. The van der Waals surface area contributed by atoms with Crippen molar-refractivity contribution >= 4 is 10.9 Å². The van der Waals surface area contributed by atoms with Gasteiger partial charge in [-0.25, -0.2) is 4.68 Å². The van der Waals surface area contributed by atoms with Crippen molar-refractivity contribution in [3.63, 3.8) is 0 Å². The average Bonchev–Trinajstić information content (AvgIpc) is 3.48. The van der Waals surface area contributed by atoms with E-state index in [9.17, 15) is 4.79 Å². The van der Waals surface area contributed by atoms with Gasteiger partial charge in [-0.2, -0.15) is 0 Å². The van der Waals surface area contributed by atoms with Gasteiger partial charge in [-0.05, 0) is 60.0 Å². The van der Waals surface area contributed by atoms with Gasteiger partial charge < -0.3 is 9.72 Å². The summed E-state index contributed by atoms with van der Waals surface area (Å²) in [7, 11) is 0. The third kappa shape index (κ3) is 4.61. The molecule has 0 unspecified atom stereocenters. The highest BCUT2D eigenvalue weighted by atomic mass is 16.5. The normalized spacial score (nSPS) is 19.9. The monoisotopic (exact) mass is 436 g/mol. The van der Waals surface area contributed by atoms with Crippen molar-refractivity contribution in [2.45, 2.75) is 83.6 Å². The molecular weight excluding hydrogens is 404 g/mol. The topological polar surface area (TPSA) is 88.9 Å². The van der Waals surface area contributed by atoms with Crippen molar-refractivity contribution in [3.05, 3.63) is 51.6 Å². The Morgan fingerprint density at radius 3 is 2.84 bits per heavy atom.